The zero-order valence-electron chi connectivity index (χ0n) is 15.2. The Balaban J connectivity index is 1.65. The molecule has 5 nitrogen and oxygen atoms in total. The first-order valence-corrected chi connectivity index (χ1v) is 9.27. The molecule has 0 saturated heterocycles. The summed E-state index contributed by atoms with van der Waals surface area (Å²) >= 11 is 3.41. The molecule has 2 aromatic carbocycles. The summed E-state index contributed by atoms with van der Waals surface area (Å²) in [5, 5.41) is 3.69. The Bertz CT molecular complexity index is 1000. The van der Waals surface area contributed by atoms with E-state index in [-0.39, 0.29) is 23.2 Å². The van der Waals surface area contributed by atoms with Gasteiger partial charge in [0.25, 0.3) is 5.91 Å². The Kier molecular flexibility index (Phi) is 6.18. The fraction of sp³-hybridized carbons (Fsp3) is 0.250. The third kappa shape index (κ3) is 4.44. The van der Waals surface area contributed by atoms with Crippen molar-refractivity contribution < 1.29 is 27.5 Å². The normalized spacial score (nSPS) is 11.1. The molecule has 28 heavy (non-hydrogen) atoms. The van der Waals surface area contributed by atoms with Crippen molar-refractivity contribution in [2.45, 2.75) is 20.0 Å². The number of halogens is 3. The second-order valence-electron chi connectivity index (χ2n) is 6.07. The summed E-state index contributed by atoms with van der Waals surface area (Å²) in [6.07, 6.45) is 0.488. The lowest BCUT2D eigenvalue weighted by molar-refractivity contribution is -0.0512. The topological polar surface area (TPSA) is 60.7 Å². The van der Waals surface area contributed by atoms with Crippen LogP contribution in [-0.4, -0.2) is 26.2 Å². The number of benzene rings is 2. The molecular formula is C20H18BrF2NO4. The maximum Gasteiger partial charge on any atom is 0.387 e. The standard InChI is InChI=1S/C20H18BrF2NO4/c1-11-14-10-13(21)4-6-15(14)27-18(11)19(25)24-8-7-12-3-5-16(28-20(22)23)17(9-12)26-2/h3-6,9-10,20H,7-8H2,1-2H3,(H,24,25). The van der Waals surface area contributed by atoms with Crippen LogP contribution in [0.2, 0.25) is 0 Å². The highest BCUT2D eigenvalue weighted by atomic mass is 79.9. The van der Waals surface area contributed by atoms with Gasteiger partial charge in [0, 0.05) is 22.0 Å². The summed E-state index contributed by atoms with van der Waals surface area (Å²) in [7, 11) is 1.38. The van der Waals surface area contributed by atoms with E-state index in [1.54, 1.807) is 18.2 Å². The predicted molar refractivity (Wildman–Crippen MR) is 104 cm³/mol. The Morgan fingerprint density at radius 3 is 2.71 bits per heavy atom. The van der Waals surface area contributed by atoms with Crippen LogP contribution in [0, 0.1) is 6.92 Å². The van der Waals surface area contributed by atoms with Gasteiger partial charge in [0.2, 0.25) is 0 Å². The number of aryl methyl sites for hydroxylation is 1. The molecule has 1 aromatic heterocycles. The minimum Gasteiger partial charge on any atom is -0.493 e. The summed E-state index contributed by atoms with van der Waals surface area (Å²) in [6.45, 7) is -0.747. The van der Waals surface area contributed by atoms with E-state index in [9.17, 15) is 13.6 Å². The maximum absolute atomic E-state index is 12.5. The number of fused-ring (bicyclic) bond motifs is 1. The molecule has 0 spiro atoms. The molecule has 0 aliphatic carbocycles. The average molecular weight is 454 g/mol. The van der Waals surface area contributed by atoms with E-state index in [0.29, 0.717) is 18.5 Å². The van der Waals surface area contributed by atoms with Crippen molar-refractivity contribution in [3.05, 3.63) is 57.8 Å². The molecule has 0 fully saturated rings. The van der Waals surface area contributed by atoms with Gasteiger partial charge in [0.1, 0.15) is 5.58 Å². The van der Waals surface area contributed by atoms with Gasteiger partial charge in [-0.2, -0.15) is 8.78 Å². The largest absolute Gasteiger partial charge is 0.493 e. The first kappa shape index (κ1) is 20.1. The van der Waals surface area contributed by atoms with Gasteiger partial charge < -0.3 is 19.2 Å². The molecular weight excluding hydrogens is 436 g/mol. The third-order valence-corrected chi connectivity index (χ3v) is 4.74. The van der Waals surface area contributed by atoms with Gasteiger partial charge in [-0.05, 0) is 49.2 Å². The molecule has 0 radical (unpaired) electrons. The van der Waals surface area contributed by atoms with Gasteiger partial charge >= 0.3 is 6.61 Å². The number of alkyl halides is 2. The highest BCUT2D eigenvalue weighted by molar-refractivity contribution is 9.10. The first-order chi connectivity index (χ1) is 13.4. The average Bonchev–Trinajstić information content (AvgIpc) is 2.98. The van der Waals surface area contributed by atoms with E-state index in [0.717, 1.165) is 21.0 Å². The quantitative estimate of drug-likeness (QED) is 0.541. The third-order valence-electron chi connectivity index (χ3n) is 4.25. The predicted octanol–water partition coefficient (Wildman–Crippen LogP) is 5.09. The van der Waals surface area contributed by atoms with Gasteiger partial charge in [-0.3, -0.25) is 4.79 Å². The van der Waals surface area contributed by atoms with Crippen molar-refractivity contribution in [2.24, 2.45) is 0 Å². The second-order valence-corrected chi connectivity index (χ2v) is 6.98. The van der Waals surface area contributed by atoms with E-state index in [4.69, 9.17) is 9.15 Å². The highest BCUT2D eigenvalue weighted by Crippen LogP contribution is 2.30. The molecule has 3 aromatic rings. The van der Waals surface area contributed by atoms with E-state index in [2.05, 4.69) is 26.0 Å². The van der Waals surface area contributed by atoms with Crippen molar-refractivity contribution in [1.82, 2.24) is 5.32 Å². The number of hydrogen-bond donors (Lipinski definition) is 1. The van der Waals surface area contributed by atoms with Crippen LogP contribution in [0.15, 0.2) is 45.3 Å². The van der Waals surface area contributed by atoms with Gasteiger partial charge in [-0.25, -0.2) is 0 Å². The minimum absolute atomic E-state index is 0.0330. The summed E-state index contributed by atoms with van der Waals surface area (Å²) in [4.78, 5) is 12.5. The number of carbonyl (C=O) groups excluding carboxylic acids is 1. The Morgan fingerprint density at radius 2 is 2.00 bits per heavy atom. The smallest absolute Gasteiger partial charge is 0.387 e. The van der Waals surface area contributed by atoms with E-state index >= 15 is 0 Å². The van der Waals surface area contributed by atoms with E-state index in [1.807, 2.05) is 19.1 Å². The van der Waals surface area contributed by atoms with Crippen LogP contribution in [0.3, 0.4) is 0 Å². The molecule has 0 bridgehead atoms. The van der Waals surface area contributed by atoms with Crippen LogP contribution in [0.1, 0.15) is 21.7 Å². The second kappa shape index (κ2) is 8.60. The summed E-state index contributed by atoms with van der Waals surface area (Å²) in [6, 6.07) is 10.2. The van der Waals surface area contributed by atoms with Gasteiger partial charge in [-0.1, -0.05) is 22.0 Å². The van der Waals surface area contributed by atoms with Crippen LogP contribution < -0.4 is 14.8 Å². The van der Waals surface area contributed by atoms with E-state index < -0.39 is 6.61 Å². The molecule has 0 unspecified atom stereocenters. The molecule has 3 rings (SSSR count). The number of nitrogens with one attached hydrogen (secondary N) is 1. The number of carbonyl (C=O) groups is 1. The molecule has 1 N–H and O–H groups in total. The number of rotatable bonds is 7. The molecule has 8 heteroatoms. The van der Waals surface area contributed by atoms with Crippen molar-refractivity contribution in [1.29, 1.82) is 0 Å². The van der Waals surface area contributed by atoms with Crippen molar-refractivity contribution in [3.63, 3.8) is 0 Å². The van der Waals surface area contributed by atoms with Crippen LogP contribution in [-0.2, 0) is 6.42 Å². The lowest BCUT2D eigenvalue weighted by Gasteiger charge is -2.11. The number of hydrogen-bond acceptors (Lipinski definition) is 4. The van der Waals surface area contributed by atoms with Gasteiger partial charge in [-0.15, -0.1) is 0 Å². The highest BCUT2D eigenvalue weighted by Gasteiger charge is 2.17. The number of ether oxygens (including phenoxy) is 2. The van der Waals surface area contributed by atoms with E-state index in [1.165, 1.54) is 13.2 Å². The fourth-order valence-corrected chi connectivity index (χ4v) is 3.23. The molecule has 1 heterocycles. The van der Waals surface area contributed by atoms with Crippen molar-refractivity contribution in [3.8, 4) is 11.5 Å². The zero-order valence-corrected chi connectivity index (χ0v) is 16.8. The van der Waals surface area contributed by atoms with Crippen LogP contribution in [0.25, 0.3) is 11.0 Å². The fourth-order valence-electron chi connectivity index (χ4n) is 2.87. The molecule has 0 aliphatic heterocycles. The Hall–Kier alpha value is -2.61. The van der Waals surface area contributed by atoms with Crippen LogP contribution in [0.5, 0.6) is 11.5 Å². The summed E-state index contributed by atoms with van der Waals surface area (Å²) in [5.41, 5.74) is 2.22. The number of furan rings is 1. The Morgan fingerprint density at radius 1 is 1.21 bits per heavy atom. The number of methoxy groups -OCH3 is 1. The molecule has 0 saturated carbocycles. The molecule has 0 atom stereocenters. The number of amides is 1. The first-order valence-electron chi connectivity index (χ1n) is 8.47. The lowest BCUT2D eigenvalue weighted by Crippen LogP contribution is -2.25. The molecule has 148 valence electrons. The van der Waals surface area contributed by atoms with Gasteiger partial charge in [0.15, 0.2) is 17.3 Å². The van der Waals surface area contributed by atoms with Crippen LogP contribution >= 0.6 is 15.9 Å². The molecule has 0 aliphatic rings. The van der Waals surface area contributed by atoms with Crippen molar-refractivity contribution >= 4 is 32.8 Å². The maximum atomic E-state index is 12.5. The van der Waals surface area contributed by atoms with Gasteiger partial charge in [0.05, 0.1) is 7.11 Å². The molecule has 1 amide bonds. The minimum atomic E-state index is -2.92. The SMILES string of the molecule is COc1cc(CCNC(=O)c2oc3ccc(Br)cc3c2C)ccc1OC(F)F. The summed E-state index contributed by atoms with van der Waals surface area (Å²) in [5.74, 6) is 0.137. The van der Waals surface area contributed by atoms with Crippen LogP contribution in [0.4, 0.5) is 8.78 Å². The summed E-state index contributed by atoms with van der Waals surface area (Å²) < 4.78 is 40.8. The Labute approximate surface area is 168 Å². The lowest BCUT2D eigenvalue weighted by atomic mass is 10.1. The zero-order chi connectivity index (χ0) is 20.3. The van der Waals surface area contributed by atoms with Crippen molar-refractivity contribution in [2.75, 3.05) is 13.7 Å². The monoisotopic (exact) mass is 453 g/mol.